The SMILES string of the molecule is CCC1(OC(=O)N[C@H]2CCCCC/C=C\[C@H]3C[C@@]3(C(=O)NS(=O)(=O)C3CC3)NC(=O)[C@@H]3C[C@@H](OC(=O)N4Cc5cccc(F)c5C4)CN3C2=O)CC1. The van der Waals surface area contributed by atoms with Crippen molar-refractivity contribution in [3.63, 3.8) is 0 Å². The van der Waals surface area contributed by atoms with Crippen molar-refractivity contribution in [2.45, 2.75) is 132 Å². The monoisotopic (exact) mass is 743 g/mol. The van der Waals surface area contributed by atoms with Crippen LogP contribution in [0.1, 0.15) is 95.1 Å². The van der Waals surface area contributed by atoms with E-state index in [2.05, 4.69) is 15.4 Å². The van der Waals surface area contributed by atoms with Gasteiger partial charge in [0.15, 0.2) is 0 Å². The first-order valence-corrected chi connectivity index (χ1v) is 19.9. The minimum atomic E-state index is -3.92. The molecule has 5 amide bonds. The number of benzene rings is 1. The molecular formula is C36H46FN5O9S. The summed E-state index contributed by atoms with van der Waals surface area (Å²) in [5.41, 5.74) is -1.05. The van der Waals surface area contributed by atoms with E-state index in [4.69, 9.17) is 9.47 Å². The van der Waals surface area contributed by atoms with E-state index in [-0.39, 0.29) is 38.9 Å². The van der Waals surface area contributed by atoms with Gasteiger partial charge in [0.05, 0.1) is 18.3 Å². The fraction of sp³-hybridized carbons (Fsp3) is 0.639. The molecule has 0 unspecified atom stereocenters. The first-order chi connectivity index (χ1) is 24.8. The van der Waals surface area contributed by atoms with Crippen LogP contribution < -0.4 is 15.4 Å². The van der Waals surface area contributed by atoms with Crippen LogP contribution in [0.4, 0.5) is 14.0 Å². The standard InChI is InChI=1S/C36H46FN5O9S/c1-2-35(15-16-35)51-33(46)38-28-12-7-5-3-4-6-10-23-18-36(23,32(45)40-52(48,49)25-13-14-25)39-30(43)29-17-24(20-42(29)31(28)44)50-34(47)41-19-22-9-8-11-27(37)26(22)21-41/h6,8-11,23-25,28-29H,2-5,7,12-21H2,1H3,(H,38,46)(H,39,43)(H,40,45)/b10-6-/t23-,24+,28-,29-,36+/m0/s1. The lowest BCUT2D eigenvalue weighted by atomic mass is 10.0. The summed E-state index contributed by atoms with van der Waals surface area (Å²) in [5, 5.41) is 4.88. The van der Waals surface area contributed by atoms with Gasteiger partial charge >= 0.3 is 12.2 Å². The molecular weight excluding hydrogens is 697 g/mol. The van der Waals surface area contributed by atoms with Gasteiger partial charge < -0.3 is 25.0 Å². The number of amides is 5. The largest absolute Gasteiger partial charge is 0.444 e. The third kappa shape index (κ3) is 7.48. The molecule has 1 aromatic rings. The Morgan fingerprint density at radius 2 is 1.87 bits per heavy atom. The van der Waals surface area contributed by atoms with Crippen molar-refractivity contribution < 1.29 is 46.3 Å². The van der Waals surface area contributed by atoms with E-state index in [0.29, 0.717) is 43.2 Å². The van der Waals surface area contributed by atoms with Gasteiger partial charge in [-0.15, -0.1) is 0 Å². The fourth-order valence-corrected chi connectivity index (χ4v) is 8.97. The number of nitrogens with one attached hydrogen (secondary N) is 3. The molecule has 0 aromatic heterocycles. The van der Waals surface area contributed by atoms with E-state index in [1.807, 2.05) is 19.1 Å². The second-order valence-corrected chi connectivity index (χ2v) is 17.1. The molecule has 3 heterocycles. The topological polar surface area (TPSA) is 181 Å². The highest BCUT2D eigenvalue weighted by Gasteiger charge is 2.62. The quantitative estimate of drug-likeness (QED) is 0.354. The van der Waals surface area contributed by atoms with E-state index < -0.39 is 86.2 Å². The molecule has 282 valence electrons. The van der Waals surface area contributed by atoms with Gasteiger partial charge in [0.25, 0.3) is 5.91 Å². The molecule has 0 bridgehead atoms. The Balaban J connectivity index is 1.13. The molecule has 0 radical (unpaired) electrons. The number of alkyl carbamates (subject to hydrolysis) is 1. The van der Waals surface area contributed by atoms with Crippen molar-refractivity contribution in [2.24, 2.45) is 5.92 Å². The summed E-state index contributed by atoms with van der Waals surface area (Å²) < 4.78 is 53.6. The van der Waals surface area contributed by atoms with Crippen molar-refractivity contribution in [1.82, 2.24) is 25.2 Å². The van der Waals surface area contributed by atoms with E-state index in [9.17, 15) is 36.8 Å². The summed E-state index contributed by atoms with van der Waals surface area (Å²) in [4.78, 5) is 71.2. The van der Waals surface area contributed by atoms with E-state index in [1.165, 1.54) is 15.9 Å². The lowest BCUT2D eigenvalue weighted by molar-refractivity contribution is -0.141. The Labute approximate surface area is 302 Å². The zero-order valence-electron chi connectivity index (χ0n) is 29.2. The van der Waals surface area contributed by atoms with E-state index >= 15 is 0 Å². The number of hydrogen-bond acceptors (Lipinski definition) is 9. The van der Waals surface area contributed by atoms with Crippen molar-refractivity contribution in [3.05, 3.63) is 47.3 Å². The van der Waals surface area contributed by atoms with Crippen LogP contribution >= 0.6 is 0 Å². The maximum atomic E-state index is 14.4. The first kappa shape index (κ1) is 36.2. The van der Waals surface area contributed by atoms with Crippen LogP contribution in [0, 0.1) is 11.7 Å². The zero-order chi connectivity index (χ0) is 36.8. The number of ether oxygens (including phenoxy) is 2. The molecule has 4 fully saturated rings. The maximum Gasteiger partial charge on any atom is 0.410 e. The summed E-state index contributed by atoms with van der Waals surface area (Å²) >= 11 is 0. The summed E-state index contributed by atoms with van der Waals surface area (Å²) in [6, 6.07) is 2.35. The van der Waals surface area contributed by atoms with Gasteiger partial charge in [-0.25, -0.2) is 22.4 Å². The second kappa shape index (κ2) is 14.0. The first-order valence-electron chi connectivity index (χ1n) is 18.4. The maximum absolute atomic E-state index is 14.4. The highest BCUT2D eigenvalue weighted by atomic mass is 32.2. The zero-order valence-corrected chi connectivity index (χ0v) is 30.1. The molecule has 3 aliphatic heterocycles. The van der Waals surface area contributed by atoms with Gasteiger partial charge in [-0.05, 0) is 69.4 Å². The number of sulfonamides is 1. The Bertz CT molecular complexity index is 1780. The molecule has 1 saturated heterocycles. The Kier molecular flexibility index (Phi) is 9.72. The third-order valence-corrected chi connectivity index (χ3v) is 13.2. The van der Waals surface area contributed by atoms with Gasteiger partial charge in [0, 0.05) is 24.4 Å². The van der Waals surface area contributed by atoms with Gasteiger partial charge in [-0.3, -0.25) is 24.0 Å². The molecule has 7 rings (SSSR count). The predicted octanol–water partition coefficient (Wildman–Crippen LogP) is 3.29. The van der Waals surface area contributed by atoms with Crippen LogP contribution in [-0.2, 0) is 47.0 Å². The number of carbonyl (C=O) groups is 5. The molecule has 3 N–H and O–H groups in total. The summed E-state index contributed by atoms with van der Waals surface area (Å²) in [7, 11) is -3.92. The Morgan fingerprint density at radius 3 is 2.58 bits per heavy atom. The van der Waals surface area contributed by atoms with Crippen LogP contribution in [0.3, 0.4) is 0 Å². The van der Waals surface area contributed by atoms with Gasteiger partial charge in [-0.2, -0.15) is 0 Å². The lowest BCUT2D eigenvalue weighted by Crippen LogP contribution is -2.58. The smallest absolute Gasteiger partial charge is 0.410 e. The minimum Gasteiger partial charge on any atom is -0.444 e. The average Bonchev–Trinajstić information content (AvgIpc) is 4.06. The van der Waals surface area contributed by atoms with E-state index in [0.717, 1.165) is 25.7 Å². The van der Waals surface area contributed by atoms with Gasteiger partial charge in [-0.1, -0.05) is 44.1 Å². The predicted molar refractivity (Wildman–Crippen MR) is 183 cm³/mol. The number of rotatable bonds is 7. The lowest BCUT2D eigenvalue weighted by Gasteiger charge is -2.30. The normalized spacial score (nSPS) is 30.3. The molecule has 5 atom stereocenters. The number of allylic oxidation sites excluding steroid dienone is 1. The third-order valence-electron chi connectivity index (χ3n) is 11.3. The van der Waals surface area contributed by atoms with Crippen molar-refractivity contribution in [3.8, 4) is 0 Å². The summed E-state index contributed by atoms with van der Waals surface area (Å²) in [6.45, 7) is 1.89. The highest BCUT2D eigenvalue weighted by Crippen LogP contribution is 2.46. The number of fused-ring (bicyclic) bond motifs is 3. The molecule has 6 aliphatic rings. The Morgan fingerprint density at radius 1 is 1.08 bits per heavy atom. The molecule has 3 saturated carbocycles. The fourth-order valence-electron chi connectivity index (χ4n) is 7.61. The average molecular weight is 744 g/mol. The molecule has 0 spiro atoms. The van der Waals surface area contributed by atoms with Crippen molar-refractivity contribution in [2.75, 3.05) is 6.54 Å². The number of halogens is 1. The molecule has 3 aliphatic carbocycles. The van der Waals surface area contributed by atoms with Crippen LogP contribution in [0.25, 0.3) is 0 Å². The number of nitrogens with zero attached hydrogens (tertiary/aromatic N) is 2. The molecule has 52 heavy (non-hydrogen) atoms. The summed E-state index contributed by atoms with van der Waals surface area (Å²) in [5.74, 6) is -3.01. The van der Waals surface area contributed by atoms with Gasteiger partial charge in [0.2, 0.25) is 21.8 Å². The van der Waals surface area contributed by atoms with Crippen molar-refractivity contribution >= 4 is 39.9 Å². The Hall–Kier alpha value is -4.21. The minimum absolute atomic E-state index is 0.00375. The van der Waals surface area contributed by atoms with E-state index in [1.54, 1.807) is 12.1 Å². The molecule has 14 nitrogen and oxygen atoms in total. The van der Waals surface area contributed by atoms with Crippen molar-refractivity contribution in [1.29, 1.82) is 0 Å². The highest BCUT2D eigenvalue weighted by molar-refractivity contribution is 7.91. The molecule has 16 heteroatoms. The second-order valence-electron chi connectivity index (χ2n) is 15.1. The van der Waals surface area contributed by atoms with Crippen LogP contribution in [0.15, 0.2) is 30.4 Å². The summed E-state index contributed by atoms with van der Waals surface area (Å²) in [6.07, 6.45) is 7.43. The van der Waals surface area contributed by atoms with Crippen LogP contribution in [-0.4, -0.2) is 89.2 Å². The number of hydrogen-bond donors (Lipinski definition) is 3. The number of carbonyl (C=O) groups excluding carboxylic acids is 5. The molecule has 1 aromatic carbocycles. The van der Waals surface area contributed by atoms with Crippen LogP contribution in [0.5, 0.6) is 0 Å². The van der Waals surface area contributed by atoms with Crippen LogP contribution in [0.2, 0.25) is 0 Å². The van der Waals surface area contributed by atoms with Gasteiger partial charge in [0.1, 0.15) is 35.1 Å².